The average Bonchev–Trinajstić information content (AvgIpc) is 2.34. The summed E-state index contributed by atoms with van der Waals surface area (Å²) in [6.07, 6.45) is 0. The van der Waals surface area contributed by atoms with Gasteiger partial charge in [-0.15, -0.1) is 0 Å². The van der Waals surface area contributed by atoms with Gasteiger partial charge in [0.25, 0.3) is 5.79 Å². The molecule has 0 N–H and O–H groups in total. The highest BCUT2D eigenvalue weighted by Crippen LogP contribution is 2.33. The third-order valence-electron chi connectivity index (χ3n) is 2.35. The van der Waals surface area contributed by atoms with Crippen LogP contribution in [0.4, 0.5) is 0 Å². The number of benzene rings is 1. The lowest BCUT2D eigenvalue weighted by molar-refractivity contribution is -0.236. The molecule has 0 radical (unpaired) electrons. The van der Waals surface area contributed by atoms with Crippen molar-refractivity contribution in [2.24, 2.45) is 0 Å². The van der Waals surface area contributed by atoms with Gasteiger partial charge in [-0.2, -0.15) is 0 Å². The molecule has 0 aromatic heterocycles. The van der Waals surface area contributed by atoms with Gasteiger partial charge in [-0.3, -0.25) is 0 Å². The van der Waals surface area contributed by atoms with E-state index < -0.39 is 11.8 Å². The van der Waals surface area contributed by atoms with Crippen LogP contribution < -0.4 is 0 Å². The van der Waals surface area contributed by atoms with Crippen molar-refractivity contribution in [3.63, 3.8) is 0 Å². The molecule has 0 saturated carbocycles. The molecule has 0 atom stereocenters. The summed E-state index contributed by atoms with van der Waals surface area (Å²) < 4.78 is 16.2. The molecule has 17 heavy (non-hydrogen) atoms. The van der Waals surface area contributed by atoms with Gasteiger partial charge in [-0.25, -0.2) is 4.79 Å². The van der Waals surface area contributed by atoms with Gasteiger partial charge in [0.05, 0.1) is 6.61 Å². The number of halogens is 1. The zero-order valence-electron chi connectivity index (χ0n) is 10.0. The molecule has 0 spiro atoms. The standard InChI is InChI=1S/C12H15BrO4/c1-4-17-11(14)12(15-2,16-3)9-7-5-6-8-10(9)13/h5-8H,4H2,1-3H3. The largest absolute Gasteiger partial charge is 0.462 e. The molecule has 1 aromatic rings. The first-order valence-corrected chi connectivity index (χ1v) is 5.94. The van der Waals surface area contributed by atoms with E-state index in [0.717, 1.165) is 4.47 Å². The summed E-state index contributed by atoms with van der Waals surface area (Å²) in [5.41, 5.74) is 0.573. The van der Waals surface area contributed by atoms with E-state index in [1.807, 2.05) is 6.07 Å². The first-order chi connectivity index (χ1) is 8.12. The molecule has 94 valence electrons. The molecule has 0 saturated heterocycles. The summed E-state index contributed by atoms with van der Waals surface area (Å²) >= 11 is 3.37. The molecule has 0 aliphatic carbocycles. The molecule has 5 heteroatoms. The van der Waals surface area contributed by atoms with Crippen LogP contribution in [0.1, 0.15) is 12.5 Å². The second kappa shape index (κ2) is 6.14. The third-order valence-corrected chi connectivity index (χ3v) is 3.04. The molecule has 1 aromatic carbocycles. The SMILES string of the molecule is CCOC(=O)C(OC)(OC)c1ccccc1Br. The van der Waals surface area contributed by atoms with E-state index in [9.17, 15) is 4.79 Å². The summed E-state index contributed by atoms with van der Waals surface area (Å²) in [6, 6.07) is 7.19. The predicted molar refractivity (Wildman–Crippen MR) is 66.5 cm³/mol. The quantitative estimate of drug-likeness (QED) is 0.619. The molecule has 4 nitrogen and oxygen atoms in total. The van der Waals surface area contributed by atoms with Crippen molar-refractivity contribution < 1.29 is 19.0 Å². The Hall–Kier alpha value is -0.910. The van der Waals surface area contributed by atoms with Gasteiger partial charge >= 0.3 is 5.97 Å². The third kappa shape index (κ3) is 2.68. The van der Waals surface area contributed by atoms with E-state index in [0.29, 0.717) is 5.56 Å². The van der Waals surface area contributed by atoms with Gasteiger partial charge < -0.3 is 14.2 Å². The molecule has 0 unspecified atom stereocenters. The average molecular weight is 303 g/mol. The maximum absolute atomic E-state index is 12.0. The highest BCUT2D eigenvalue weighted by atomic mass is 79.9. The van der Waals surface area contributed by atoms with E-state index in [2.05, 4.69) is 15.9 Å². The minimum absolute atomic E-state index is 0.262. The molecule has 0 fully saturated rings. The Bertz CT molecular complexity index is 388. The highest BCUT2D eigenvalue weighted by molar-refractivity contribution is 9.10. The number of esters is 1. The van der Waals surface area contributed by atoms with Crippen LogP contribution in [0.5, 0.6) is 0 Å². The topological polar surface area (TPSA) is 44.8 Å². The lowest BCUT2D eigenvalue weighted by atomic mass is 10.1. The maximum atomic E-state index is 12.0. The van der Waals surface area contributed by atoms with Crippen LogP contribution in [0.25, 0.3) is 0 Å². The Morgan fingerprint density at radius 2 is 1.88 bits per heavy atom. The van der Waals surface area contributed by atoms with Crippen molar-refractivity contribution >= 4 is 21.9 Å². The van der Waals surface area contributed by atoms with Crippen LogP contribution in [0, 0.1) is 0 Å². The van der Waals surface area contributed by atoms with Crippen LogP contribution in [0.15, 0.2) is 28.7 Å². The molecule has 1 rings (SSSR count). The summed E-state index contributed by atoms with van der Waals surface area (Å²) in [4.78, 5) is 12.0. The normalized spacial score (nSPS) is 11.3. The predicted octanol–water partition coefficient (Wildman–Crippen LogP) is 2.46. The summed E-state index contributed by atoms with van der Waals surface area (Å²) in [5, 5.41) is 0. The zero-order chi connectivity index (χ0) is 12.9. The van der Waals surface area contributed by atoms with E-state index in [-0.39, 0.29) is 6.61 Å². The Morgan fingerprint density at radius 1 is 1.29 bits per heavy atom. The van der Waals surface area contributed by atoms with Gasteiger partial charge in [0.1, 0.15) is 0 Å². The van der Waals surface area contributed by atoms with Crippen LogP contribution in [0.2, 0.25) is 0 Å². The number of rotatable bonds is 5. The second-order valence-electron chi connectivity index (χ2n) is 3.23. The fraction of sp³-hybridized carbons (Fsp3) is 0.417. The number of methoxy groups -OCH3 is 2. The Balaban J connectivity index is 3.25. The van der Waals surface area contributed by atoms with Gasteiger partial charge in [0.15, 0.2) is 0 Å². The maximum Gasteiger partial charge on any atom is 0.372 e. The van der Waals surface area contributed by atoms with Crippen molar-refractivity contribution in [1.29, 1.82) is 0 Å². The van der Waals surface area contributed by atoms with Crippen molar-refractivity contribution in [2.45, 2.75) is 12.7 Å². The Morgan fingerprint density at radius 3 is 2.35 bits per heavy atom. The van der Waals surface area contributed by atoms with Gasteiger partial charge in [-0.05, 0) is 13.0 Å². The molecular formula is C12H15BrO4. The highest BCUT2D eigenvalue weighted by Gasteiger charge is 2.44. The van der Waals surface area contributed by atoms with E-state index in [1.165, 1.54) is 14.2 Å². The first kappa shape index (κ1) is 14.2. The summed E-state index contributed by atoms with van der Waals surface area (Å²) in [5.74, 6) is -2.10. The van der Waals surface area contributed by atoms with Crippen LogP contribution in [-0.2, 0) is 24.8 Å². The van der Waals surface area contributed by atoms with Crippen LogP contribution in [0.3, 0.4) is 0 Å². The van der Waals surface area contributed by atoms with Crippen LogP contribution >= 0.6 is 15.9 Å². The first-order valence-electron chi connectivity index (χ1n) is 5.15. The summed E-state index contributed by atoms with van der Waals surface area (Å²) in [6.45, 7) is 1.99. The minimum atomic E-state index is -1.53. The number of carbonyl (C=O) groups is 1. The monoisotopic (exact) mass is 302 g/mol. The van der Waals surface area contributed by atoms with Crippen LogP contribution in [-0.4, -0.2) is 26.8 Å². The number of ether oxygens (including phenoxy) is 3. The van der Waals surface area contributed by atoms with E-state index in [4.69, 9.17) is 14.2 Å². The van der Waals surface area contributed by atoms with Crippen molar-refractivity contribution in [1.82, 2.24) is 0 Å². The van der Waals surface area contributed by atoms with Gasteiger partial charge in [0.2, 0.25) is 0 Å². The second-order valence-corrected chi connectivity index (χ2v) is 4.08. The Labute approximate surface area is 109 Å². The van der Waals surface area contributed by atoms with Gasteiger partial charge in [0, 0.05) is 24.3 Å². The fourth-order valence-electron chi connectivity index (χ4n) is 1.53. The van der Waals surface area contributed by atoms with E-state index >= 15 is 0 Å². The van der Waals surface area contributed by atoms with Crippen molar-refractivity contribution in [3.8, 4) is 0 Å². The molecular weight excluding hydrogens is 288 g/mol. The smallest absolute Gasteiger partial charge is 0.372 e. The lowest BCUT2D eigenvalue weighted by Gasteiger charge is -2.29. The molecule has 0 aliphatic rings. The van der Waals surface area contributed by atoms with Crippen molar-refractivity contribution in [2.75, 3.05) is 20.8 Å². The van der Waals surface area contributed by atoms with Gasteiger partial charge in [-0.1, -0.05) is 34.1 Å². The summed E-state index contributed by atoms with van der Waals surface area (Å²) in [7, 11) is 2.81. The minimum Gasteiger partial charge on any atom is -0.462 e. The number of hydrogen-bond donors (Lipinski definition) is 0. The number of hydrogen-bond acceptors (Lipinski definition) is 4. The fourth-order valence-corrected chi connectivity index (χ4v) is 2.08. The van der Waals surface area contributed by atoms with E-state index in [1.54, 1.807) is 25.1 Å². The van der Waals surface area contributed by atoms with Crippen molar-refractivity contribution in [3.05, 3.63) is 34.3 Å². The molecule has 0 aliphatic heterocycles. The lowest BCUT2D eigenvalue weighted by Crippen LogP contribution is -2.41. The Kier molecular flexibility index (Phi) is 5.11. The molecule has 0 bridgehead atoms. The zero-order valence-corrected chi connectivity index (χ0v) is 11.6. The molecule has 0 amide bonds. The molecule has 0 heterocycles. The number of carbonyl (C=O) groups excluding carboxylic acids is 1.